The van der Waals surface area contributed by atoms with Crippen molar-refractivity contribution in [3.05, 3.63) is 33.7 Å². The summed E-state index contributed by atoms with van der Waals surface area (Å²) in [4.78, 5) is 4.59. The minimum absolute atomic E-state index is 0.257. The Morgan fingerprint density at radius 3 is 2.79 bits per heavy atom. The van der Waals surface area contributed by atoms with Gasteiger partial charge in [-0.3, -0.25) is 0 Å². The molecule has 0 saturated heterocycles. The number of halogens is 2. The topological polar surface area (TPSA) is 24.9 Å². The van der Waals surface area contributed by atoms with Crippen molar-refractivity contribution in [2.75, 3.05) is 12.4 Å². The molecule has 19 heavy (non-hydrogen) atoms. The highest BCUT2D eigenvalue weighted by atomic mass is 79.9. The molecule has 1 aliphatic carbocycles. The molecule has 0 radical (unpaired) electrons. The van der Waals surface area contributed by atoms with Gasteiger partial charge < -0.3 is 5.32 Å². The van der Waals surface area contributed by atoms with E-state index in [2.05, 4.69) is 26.2 Å². The second-order valence-corrected chi connectivity index (χ2v) is 5.92. The van der Waals surface area contributed by atoms with Crippen LogP contribution in [0.2, 0.25) is 0 Å². The third kappa shape index (κ3) is 2.22. The van der Waals surface area contributed by atoms with Crippen LogP contribution in [0.25, 0.3) is 10.9 Å². The zero-order chi connectivity index (χ0) is 13.4. The van der Waals surface area contributed by atoms with Crippen LogP contribution in [0.1, 0.15) is 30.5 Å². The number of aryl methyl sites for hydroxylation is 1. The normalized spacial score (nSPS) is 15.1. The SMILES string of the molecule is CNc1c2c(nc3c(F)cc(Br)cc13)CCCCC2. The largest absolute Gasteiger partial charge is 0.387 e. The Balaban J connectivity index is 2.36. The molecular formula is C15H16BrFN2. The summed E-state index contributed by atoms with van der Waals surface area (Å²) in [6, 6.07) is 3.43. The Morgan fingerprint density at radius 1 is 1.21 bits per heavy atom. The number of fused-ring (bicyclic) bond motifs is 2. The molecule has 1 aromatic heterocycles. The molecule has 0 saturated carbocycles. The summed E-state index contributed by atoms with van der Waals surface area (Å²) in [7, 11) is 1.90. The number of aromatic nitrogens is 1. The summed E-state index contributed by atoms with van der Waals surface area (Å²) in [6.45, 7) is 0. The van der Waals surface area contributed by atoms with Crippen LogP contribution in [-0.4, -0.2) is 12.0 Å². The van der Waals surface area contributed by atoms with Crippen LogP contribution < -0.4 is 5.32 Å². The molecule has 0 unspecified atom stereocenters. The Bertz CT molecular complexity index is 640. The first-order valence-electron chi connectivity index (χ1n) is 6.69. The number of benzene rings is 1. The van der Waals surface area contributed by atoms with E-state index in [4.69, 9.17) is 0 Å². The number of hydrogen-bond donors (Lipinski definition) is 1. The molecule has 1 aliphatic rings. The number of anilines is 1. The van der Waals surface area contributed by atoms with Crippen LogP contribution in [-0.2, 0) is 12.8 Å². The lowest BCUT2D eigenvalue weighted by molar-refractivity contribution is 0.635. The summed E-state index contributed by atoms with van der Waals surface area (Å²) in [6.07, 6.45) is 5.54. The minimum Gasteiger partial charge on any atom is -0.387 e. The van der Waals surface area contributed by atoms with Crippen LogP contribution in [0.4, 0.5) is 10.1 Å². The van der Waals surface area contributed by atoms with Crippen LogP contribution in [0.15, 0.2) is 16.6 Å². The van der Waals surface area contributed by atoms with Gasteiger partial charge in [-0.25, -0.2) is 9.37 Å². The lowest BCUT2D eigenvalue weighted by Gasteiger charge is -2.15. The van der Waals surface area contributed by atoms with E-state index in [1.807, 2.05) is 13.1 Å². The van der Waals surface area contributed by atoms with Gasteiger partial charge in [-0.05, 0) is 43.4 Å². The summed E-state index contributed by atoms with van der Waals surface area (Å²) in [5.41, 5.74) is 3.86. The maximum absolute atomic E-state index is 14.1. The van der Waals surface area contributed by atoms with Crippen LogP contribution in [0.5, 0.6) is 0 Å². The van der Waals surface area contributed by atoms with Crippen molar-refractivity contribution in [3.8, 4) is 0 Å². The van der Waals surface area contributed by atoms with E-state index in [-0.39, 0.29) is 5.82 Å². The first-order chi connectivity index (χ1) is 9.20. The van der Waals surface area contributed by atoms with E-state index in [1.165, 1.54) is 24.5 Å². The Kier molecular flexibility index (Phi) is 3.44. The van der Waals surface area contributed by atoms with Crippen molar-refractivity contribution < 1.29 is 4.39 Å². The smallest absolute Gasteiger partial charge is 0.150 e. The lowest BCUT2D eigenvalue weighted by Crippen LogP contribution is -2.04. The zero-order valence-corrected chi connectivity index (χ0v) is 12.5. The van der Waals surface area contributed by atoms with E-state index < -0.39 is 0 Å². The summed E-state index contributed by atoms with van der Waals surface area (Å²) < 4.78 is 14.9. The molecule has 0 fully saturated rings. The molecule has 4 heteroatoms. The molecule has 0 aliphatic heterocycles. The molecule has 0 spiro atoms. The van der Waals surface area contributed by atoms with Gasteiger partial charge >= 0.3 is 0 Å². The van der Waals surface area contributed by atoms with Gasteiger partial charge in [-0.15, -0.1) is 0 Å². The summed E-state index contributed by atoms with van der Waals surface area (Å²) in [5, 5.41) is 4.12. The molecule has 1 N–H and O–H groups in total. The van der Waals surface area contributed by atoms with Crippen molar-refractivity contribution in [2.24, 2.45) is 0 Å². The second kappa shape index (κ2) is 5.08. The fraction of sp³-hybridized carbons (Fsp3) is 0.400. The molecule has 2 aromatic rings. The van der Waals surface area contributed by atoms with Crippen molar-refractivity contribution >= 4 is 32.5 Å². The predicted molar refractivity (Wildman–Crippen MR) is 80.2 cm³/mol. The number of hydrogen-bond acceptors (Lipinski definition) is 2. The third-order valence-corrected chi connectivity index (χ3v) is 4.24. The van der Waals surface area contributed by atoms with Crippen molar-refractivity contribution in [1.29, 1.82) is 0 Å². The molecule has 3 rings (SSSR count). The van der Waals surface area contributed by atoms with Crippen molar-refractivity contribution in [3.63, 3.8) is 0 Å². The minimum atomic E-state index is -0.257. The first kappa shape index (κ1) is 12.9. The molecular weight excluding hydrogens is 307 g/mol. The fourth-order valence-corrected chi connectivity index (χ4v) is 3.34. The number of pyridine rings is 1. The van der Waals surface area contributed by atoms with Gasteiger partial charge in [0.25, 0.3) is 0 Å². The van der Waals surface area contributed by atoms with Gasteiger partial charge in [-0.2, -0.15) is 0 Å². The second-order valence-electron chi connectivity index (χ2n) is 5.01. The van der Waals surface area contributed by atoms with Gasteiger partial charge in [-0.1, -0.05) is 22.4 Å². The standard InChI is InChI=1S/C15H16BrFN2/c1-18-14-10-5-3-2-4-6-13(10)19-15-11(14)7-9(16)8-12(15)17/h7-8H,2-6H2,1H3,(H,18,19). The van der Waals surface area contributed by atoms with Crippen molar-refractivity contribution in [1.82, 2.24) is 4.98 Å². The van der Waals surface area contributed by atoms with E-state index in [0.29, 0.717) is 5.52 Å². The van der Waals surface area contributed by atoms with Crippen LogP contribution in [0.3, 0.4) is 0 Å². The molecule has 0 bridgehead atoms. The Morgan fingerprint density at radius 2 is 2.00 bits per heavy atom. The van der Waals surface area contributed by atoms with Gasteiger partial charge in [0.15, 0.2) is 5.82 Å². The predicted octanol–water partition coefficient (Wildman–Crippen LogP) is 4.45. The summed E-state index contributed by atoms with van der Waals surface area (Å²) >= 11 is 3.36. The molecule has 0 amide bonds. The average Bonchev–Trinajstić information content (AvgIpc) is 2.61. The molecule has 100 valence electrons. The third-order valence-electron chi connectivity index (χ3n) is 3.78. The Hall–Kier alpha value is -1.16. The maximum Gasteiger partial charge on any atom is 0.150 e. The van der Waals surface area contributed by atoms with E-state index in [0.717, 1.165) is 40.5 Å². The van der Waals surface area contributed by atoms with E-state index in [9.17, 15) is 4.39 Å². The van der Waals surface area contributed by atoms with Gasteiger partial charge in [0.2, 0.25) is 0 Å². The number of rotatable bonds is 1. The highest BCUT2D eigenvalue weighted by Gasteiger charge is 2.18. The van der Waals surface area contributed by atoms with Crippen LogP contribution in [0, 0.1) is 5.82 Å². The molecule has 2 nitrogen and oxygen atoms in total. The lowest BCUT2D eigenvalue weighted by atomic mass is 10.0. The quantitative estimate of drug-likeness (QED) is 0.785. The maximum atomic E-state index is 14.1. The zero-order valence-electron chi connectivity index (χ0n) is 10.9. The summed E-state index contributed by atoms with van der Waals surface area (Å²) in [5.74, 6) is -0.257. The highest BCUT2D eigenvalue weighted by Crippen LogP contribution is 2.34. The average molecular weight is 323 g/mol. The van der Waals surface area contributed by atoms with Gasteiger partial charge in [0, 0.05) is 28.3 Å². The van der Waals surface area contributed by atoms with E-state index in [1.54, 1.807) is 0 Å². The fourth-order valence-electron chi connectivity index (χ4n) is 2.91. The highest BCUT2D eigenvalue weighted by molar-refractivity contribution is 9.10. The van der Waals surface area contributed by atoms with E-state index >= 15 is 0 Å². The number of nitrogens with zero attached hydrogens (tertiary/aromatic N) is 1. The molecule has 1 heterocycles. The molecule has 1 aromatic carbocycles. The van der Waals surface area contributed by atoms with Gasteiger partial charge in [0.1, 0.15) is 5.52 Å². The molecule has 0 atom stereocenters. The number of nitrogens with one attached hydrogen (secondary N) is 1. The van der Waals surface area contributed by atoms with Crippen molar-refractivity contribution in [2.45, 2.75) is 32.1 Å². The monoisotopic (exact) mass is 322 g/mol. The van der Waals surface area contributed by atoms with Gasteiger partial charge in [0.05, 0.1) is 0 Å². The first-order valence-corrected chi connectivity index (χ1v) is 7.48. The Labute approximate surface area is 120 Å². The van der Waals surface area contributed by atoms with Crippen LogP contribution >= 0.6 is 15.9 Å².